The lowest BCUT2D eigenvalue weighted by atomic mass is 9.96. The standard InChI is InChI=1S/C22H25BrN4O/c1-2-27-20-6-4-3-5-19(20)25-21(27)15-26-13-11-16(12-14-26)22(28)24-18-9-7-17(23)8-10-18/h3-10,16H,2,11-15H2,1H3,(H,24,28). The summed E-state index contributed by atoms with van der Waals surface area (Å²) in [4.78, 5) is 19.8. The van der Waals surface area contributed by atoms with Crippen molar-refractivity contribution in [2.45, 2.75) is 32.9 Å². The number of carbonyl (C=O) groups excluding carboxylic acids is 1. The molecule has 1 aliphatic heterocycles. The smallest absolute Gasteiger partial charge is 0.227 e. The molecule has 0 bridgehead atoms. The van der Waals surface area contributed by atoms with Crippen LogP contribution in [0.5, 0.6) is 0 Å². The Morgan fingerprint density at radius 2 is 1.86 bits per heavy atom. The summed E-state index contributed by atoms with van der Waals surface area (Å²) in [5.74, 6) is 1.31. The van der Waals surface area contributed by atoms with E-state index in [-0.39, 0.29) is 11.8 Å². The van der Waals surface area contributed by atoms with Gasteiger partial charge in [0.05, 0.1) is 17.6 Å². The fourth-order valence-corrected chi connectivity index (χ4v) is 4.19. The summed E-state index contributed by atoms with van der Waals surface area (Å²) in [6.07, 6.45) is 1.77. The highest BCUT2D eigenvalue weighted by Crippen LogP contribution is 2.23. The molecular weight excluding hydrogens is 416 g/mol. The van der Waals surface area contributed by atoms with Gasteiger partial charge in [-0.1, -0.05) is 28.1 Å². The number of likely N-dealkylation sites (tertiary alicyclic amines) is 1. The first-order valence-corrected chi connectivity index (χ1v) is 10.7. The number of piperidine rings is 1. The van der Waals surface area contributed by atoms with Crippen LogP contribution in [-0.4, -0.2) is 33.4 Å². The number of carbonyl (C=O) groups is 1. The van der Waals surface area contributed by atoms with Crippen molar-refractivity contribution in [2.75, 3.05) is 18.4 Å². The average molecular weight is 441 g/mol. The van der Waals surface area contributed by atoms with Crippen LogP contribution < -0.4 is 5.32 Å². The first kappa shape index (κ1) is 19.2. The lowest BCUT2D eigenvalue weighted by molar-refractivity contribution is -0.121. The zero-order chi connectivity index (χ0) is 19.5. The number of anilines is 1. The summed E-state index contributed by atoms with van der Waals surface area (Å²) < 4.78 is 3.30. The molecule has 2 heterocycles. The Labute approximate surface area is 173 Å². The Hall–Kier alpha value is -2.18. The number of benzene rings is 2. The lowest BCUT2D eigenvalue weighted by Gasteiger charge is -2.31. The van der Waals surface area contributed by atoms with Crippen LogP contribution in [0.3, 0.4) is 0 Å². The SMILES string of the molecule is CCn1c(CN2CCC(C(=O)Nc3ccc(Br)cc3)CC2)nc2ccccc21. The summed E-state index contributed by atoms with van der Waals surface area (Å²) in [6, 6.07) is 16.0. The van der Waals surface area contributed by atoms with E-state index in [9.17, 15) is 4.79 Å². The van der Waals surface area contributed by atoms with Crippen LogP contribution in [0.15, 0.2) is 53.0 Å². The van der Waals surface area contributed by atoms with Crippen molar-refractivity contribution in [2.24, 2.45) is 5.92 Å². The Bertz CT molecular complexity index is 958. The van der Waals surface area contributed by atoms with E-state index in [0.29, 0.717) is 0 Å². The van der Waals surface area contributed by atoms with Crippen molar-refractivity contribution in [1.82, 2.24) is 14.5 Å². The normalized spacial score (nSPS) is 15.8. The molecule has 28 heavy (non-hydrogen) atoms. The van der Waals surface area contributed by atoms with Crippen molar-refractivity contribution in [3.63, 3.8) is 0 Å². The molecule has 1 aliphatic rings. The zero-order valence-electron chi connectivity index (χ0n) is 16.1. The van der Waals surface area contributed by atoms with E-state index in [1.807, 2.05) is 30.3 Å². The third-order valence-electron chi connectivity index (χ3n) is 5.48. The highest BCUT2D eigenvalue weighted by atomic mass is 79.9. The minimum Gasteiger partial charge on any atom is -0.327 e. The van der Waals surface area contributed by atoms with Gasteiger partial charge in [-0.3, -0.25) is 9.69 Å². The number of nitrogens with zero attached hydrogens (tertiary/aromatic N) is 3. The molecule has 0 saturated carbocycles. The van der Waals surface area contributed by atoms with Crippen LogP contribution in [-0.2, 0) is 17.9 Å². The third kappa shape index (κ3) is 4.13. The molecular formula is C22H25BrN4O. The van der Waals surface area contributed by atoms with Crippen molar-refractivity contribution in [3.05, 3.63) is 58.8 Å². The molecule has 0 spiro atoms. The van der Waals surface area contributed by atoms with Gasteiger partial charge < -0.3 is 9.88 Å². The number of hydrogen-bond donors (Lipinski definition) is 1. The number of aryl methyl sites for hydroxylation is 1. The monoisotopic (exact) mass is 440 g/mol. The number of halogens is 1. The Morgan fingerprint density at radius 1 is 1.14 bits per heavy atom. The Morgan fingerprint density at radius 3 is 2.57 bits per heavy atom. The van der Waals surface area contributed by atoms with Crippen molar-refractivity contribution in [3.8, 4) is 0 Å². The van der Waals surface area contributed by atoms with Gasteiger partial charge in [0.25, 0.3) is 0 Å². The topological polar surface area (TPSA) is 50.2 Å². The van der Waals surface area contributed by atoms with E-state index in [1.54, 1.807) is 0 Å². The third-order valence-corrected chi connectivity index (χ3v) is 6.01. The maximum absolute atomic E-state index is 12.6. The molecule has 5 nitrogen and oxygen atoms in total. The van der Waals surface area contributed by atoms with Crippen LogP contribution >= 0.6 is 15.9 Å². The van der Waals surface area contributed by atoms with Gasteiger partial charge in [-0.25, -0.2) is 4.98 Å². The van der Waals surface area contributed by atoms with Gasteiger partial charge in [0, 0.05) is 22.6 Å². The van der Waals surface area contributed by atoms with E-state index in [4.69, 9.17) is 4.98 Å². The number of nitrogens with one attached hydrogen (secondary N) is 1. The maximum Gasteiger partial charge on any atom is 0.227 e. The largest absolute Gasteiger partial charge is 0.327 e. The van der Waals surface area contributed by atoms with Gasteiger partial charge in [0.1, 0.15) is 5.82 Å². The van der Waals surface area contributed by atoms with Crippen molar-refractivity contribution >= 4 is 38.6 Å². The Balaban J connectivity index is 1.35. The molecule has 4 rings (SSSR count). The number of rotatable bonds is 5. The Kier molecular flexibility index (Phi) is 5.78. The fraction of sp³-hybridized carbons (Fsp3) is 0.364. The molecule has 1 N–H and O–H groups in total. The van der Waals surface area contributed by atoms with Gasteiger partial charge in [0.15, 0.2) is 0 Å². The van der Waals surface area contributed by atoms with Gasteiger partial charge in [-0.05, 0) is 69.3 Å². The molecule has 0 atom stereocenters. The molecule has 1 fully saturated rings. The number of para-hydroxylation sites is 2. The summed E-state index contributed by atoms with van der Waals surface area (Å²) in [7, 11) is 0. The average Bonchev–Trinajstić information content (AvgIpc) is 3.07. The summed E-state index contributed by atoms with van der Waals surface area (Å²) >= 11 is 3.42. The van der Waals surface area contributed by atoms with Crippen LogP contribution in [0.4, 0.5) is 5.69 Å². The van der Waals surface area contributed by atoms with Crippen molar-refractivity contribution < 1.29 is 4.79 Å². The molecule has 3 aromatic rings. The number of fused-ring (bicyclic) bond motifs is 1. The number of hydrogen-bond acceptors (Lipinski definition) is 3. The van der Waals surface area contributed by atoms with E-state index >= 15 is 0 Å². The van der Waals surface area contributed by atoms with Crippen LogP contribution in [0.25, 0.3) is 11.0 Å². The predicted molar refractivity (Wildman–Crippen MR) is 116 cm³/mol. The quantitative estimate of drug-likeness (QED) is 0.626. The number of imidazole rings is 1. The predicted octanol–water partition coefficient (Wildman–Crippen LogP) is 4.67. The molecule has 6 heteroatoms. The van der Waals surface area contributed by atoms with Gasteiger partial charge in [0.2, 0.25) is 5.91 Å². The molecule has 2 aromatic carbocycles. The van der Waals surface area contributed by atoms with Gasteiger partial charge >= 0.3 is 0 Å². The molecule has 0 unspecified atom stereocenters. The highest BCUT2D eigenvalue weighted by Gasteiger charge is 2.26. The molecule has 1 amide bonds. The van der Waals surface area contributed by atoms with E-state index in [0.717, 1.165) is 60.5 Å². The van der Waals surface area contributed by atoms with Crippen LogP contribution in [0.2, 0.25) is 0 Å². The van der Waals surface area contributed by atoms with Crippen LogP contribution in [0.1, 0.15) is 25.6 Å². The second-order valence-corrected chi connectivity index (χ2v) is 8.22. The van der Waals surface area contributed by atoms with Crippen molar-refractivity contribution in [1.29, 1.82) is 0 Å². The minimum absolute atomic E-state index is 0.0740. The highest BCUT2D eigenvalue weighted by molar-refractivity contribution is 9.10. The molecule has 1 aromatic heterocycles. The molecule has 0 aliphatic carbocycles. The number of aromatic nitrogens is 2. The number of amides is 1. The van der Waals surface area contributed by atoms with Crippen LogP contribution in [0, 0.1) is 5.92 Å². The summed E-state index contributed by atoms with van der Waals surface area (Å²) in [5, 5.41) is 3.04. The fourth-order valence-electron chi connectivity index (χ4n) is 3.93. The summed E-state index contributed by atoms with van der Waals surface area (Å²) in [5.41, 5.74) is 3.11. The molecule has 0 radical (unpaired) electrons. The van der Waals surface area contributed by atoms with Gasteiger partial charge in [-0.2, -0.15) is 0 Å². The van der Waals surface area contributed by atoms with E-state index < -0.39 is 0 Å². The lowest BCUT2D eigenvalue weighted by Crippen LogP contribution is -2.38. The second-order valence-electron chi connectivity index (χ2n) is 7.31. The zero-order valence-corrected chi connectivity index (χ0v) is 17.7. The second kappa shape index (κ2) is 8.45. The van der Waals surface area contributed by atoms with E-state index in [1.165, 1.54) is 5.52 Å². The summed E-state index contributed by atoms with van der Waals surface area (Å²) in [6.45, 7) is 5.76. The van der Waals surface area contributed by atoms with E-state index in [2.05, 4.69) is 55.8 Å². The first-order chi connectivity index (χ1) is 13.6. The molecule has 1 saturated heterocycles. The maximum atomic E-state index is 12.6. The molecule has 146 valence electrons. The first-order valence-electron chi connectivity index (χ1n) is 9.87. The minimum atomic E-state index is 0.0740. The van der Waals surface area contributed by atoms with Gasteiger partial charge in [-0.15, -0.1) is 0 Å².